The van der Waals surface area contributed by atoms with E-state index in [-0.39, 0.29) is 16.4 Å². The molecule has 1 heterocycles. The minimum absolute atomic E-state index is 0.00142. The van der Waals surface area contributed by atoms with Crippen molar-refractivity contribution in [3.8, 4) is 0 Å². The van der Waals surface area contributed by atoms with Gasteiger partial charge < -0.3 is 15.2 Å². The monoisotopic (exact) mass is 218 g/mol. The van der Waals surface area contributed by atoms with Crippen LogP contribution in [0.15, 0.2) is 11.4 Å². The van der Waals surface area contributed by atoms with E-state index < -0.39 is 11.9 Å². The Labute approximate surface area is 83.1 Å². The number of hydrogen-bond acceptors (Lipinski definition) is 4. The lowest BCUT2D eigenvalue weighted by Gasteiger charge is -2.04. The van der Waals surface area contributed by atoms with Crippen molar-refractivity contribution in [2.24, 2.45) is 0 Å². The van der Waals surface area contributed by atoms with E-state index in [9.17, 15) is 14.7 Å². The molecular weight excluding hydrogens is 214 g/mol. The summed E-state index contributed by atoms with van der Waals surface area (Å²) in [7, 11) is 0. The molecular formula is C7H5ClNO3S-. The lowest BCUT2D eigenvalue weighted by molar-refractivity contribution is -0.254. The lowest BCUT2D eigenvalue weighted by atomic mass is 10.4. The molecule has 1 N–H and O–H groups in total. The van der Waals surface area contributed by atoms with Gasteiger partial charge in [0.2, 0.25) is 5.91 Å². The average molecular weight is 219 g/mol. The average Bonchev–Trinajstić information content (AvgIpc) is 2.52. The third kappa shape index (κ3) is 2.43. The van der Waals surface area contributed by atoms with Gasteiger partial charge >= 0.3 is 0 Å². The van der Waals surface area contributed by atoms with Crippen molar-refractivity contribution in [3.63, 3.8) is 0 Å². The second-order valence-electron chi connectivity index (χ2n) is 2.13. The molecule has 0 aliphatic carbocycles. The molecule has 0 unspecified atom stereocenters. The first-order valence-corrected chi connectivity index (χ1v) is 4.71. The Kier molecular flexibility index (Phi) is 3.27. The van der Waals surface area contributed by atoms with Gasteiger partial charge in [-0.3, -0.25) is 4.79 Å². The molecule has 70 valence electrons. The van der Waals surface area contributed by atoms with E-state index in [1.54, 1.807) is 5.38 Å². The van der Waals surface area contributed by atoms with E-state index in [4.69, 9.17) is 11.6 Å². The molecule has 0 saturated carbocycles. The Morgan fingerprint density at radius 1 is 1.62 bits per heavy atom. The Morgan fingerprint density at radius 2 is 2.31 bits per heavy atom. The molecule has 1 amide bonds. The number of carbonyl (C=O) groups excluding carboxylic acids is 2. The number of carbonyl (C=O) groups is 2. The highest BCUT2D eigenvalue weighted by Crippen LogP contribution is 2.21. The maximum absolute atomic E-state index is 10.8. The smallest absolute Gasteiger partial charge is 0.239 e. The van der Waals surface area contributed by atoms with Gasteiger partial charge in [0.1, 0.15) is 5.88 Å². The summed E-state index contributed by atoms with van der Waals surface area (Å²) in [6, 6.07) is 1.49. The number of rotatable bonds is 3. The van der Waals surface area contributed by atoms with Crippen molar-refractivity contribution in [2.45, 2.75) is 0 Å². The maximum atomic E-state index is 10.8. The summed E-state index contributed by atoms with van der Waals surface area (Å²) in [6.07, 6.45) is 0. The minimum atomic E-state index is -1.31. The normalized spacial score (nSPS) is 9.62. The predicted octanol–water partition coefficient (Wildman–Crippen LogP) is 0.289. The quantitative estimate of drug-likeness (QED) is 0.742. The van der Waals surface area contributed by atoms with Crippen molar-refractivity contribution in [3.05, 3.63) is 16.3 Å². The maximum Gasteiger partial charge on any atom is 0.239 e. The predicted molar refractivity (Wildman–Crippen MR) is 48.0 cm³/mol. The van der Waals surface area contributed by atoms with Gasteiger partial charge in [0.25, 0.3) is 0 Å². The number of hydrogen-bond donors (Lipinski definition) is 1. The number of nitrogens with one attached hydrogen (secondary N) is 1. The zero-order valence-electron chi connectivity index (χ0n) is 6.37. The molecule has 1 aromatic rings. The second kappa shape index (κ2) is 4.25. The summed E-state index contributed by atoms with van der Waals surface area (Å²) in [5, 5.41) is 14.4. The number of halogens is 1. The highest BCUT2D eigenvalue weighted by molar-refractivity contribution is 7.12. The van der Waals surface area contributed by atoms with Gasteiger partial charge in [-0.1, -0.05) is 0 Å². The Morgan fingerprint density at radius 3 is 2.85 bits per heavy atom. The second-order valence-corrected chi connectivity index (χ2v) is 3.32. The third-order valence-corrected chi connectivity index (χ3v) is 2.38. The van der Waals surface area contributed by atoms with E-state index in [0.29, 0.717) is 0 Å². The molecule has 0 fully saturated rings. The number of amides is 1. The van der Waals surface area contributed by atoms with E-state index in [0.717, 1.165) is 11.3 Å². The van der Waals surface area contributed by atoms with E-state index in [1.807, 2.05) is 0 Å². The fraction of sp³-hybridized carbons (Fsp3) is 0.143. The van der Waals surface area contributed by atoms with Crippen LogP contribution in [0.3, 0.4) is 0 Å². The van der Waals surface area contributed by atoms with Crippen LogP contribution in [0, 0.1) is 0 Å². The SMILES string of the molecule is O=C(CCl)Nc1ccsc1C(=O)[O-]. The molecule has 0 aliphatic rings. The molecule has 1 aromatic heterocycles. The van der Waals surface area contributed by atoms with Crippen molar-refractivity contribution in [1.29, 1.82) is 0 Å². The molecule has 6 heteroatoms. The molecule has 4 nitrogen and oxygen atoms in total. The highest BCUT2D eigenvalue weighted by Gasteiger charge is 2.07. The van der Waals surface area contributed by atoms with E-state index in [2.05, 4.69) is 5.32 Å². The first-order chi connectivity index (χ1) is 6.15. The van der Waals surface area contributed by atoms with Crippen LogP contribution in [0.5, 0.6) is 0 Å². The number of carboxylic acids is 1. The molecule has 0 aliphatic heterocycles. The van der Waals surface area contributed by atoms with Crippen molar-refractivity contribution in [2.75, 3.05) is 11.2 Å². The Balaban J connectivity index is 2.82. The third-order valence-electron chi connectivity index (χ3n) is 1.25. The Bertz CT molecular complexity index is 336. The fourth-order valence-electron chi connectivity index (χ4n) is 0.749. The van der Waals surface area contributed by atoms with Crippen LogP contribution in [0.1, 0.15) is 9.67 Å². The molecule has 0 aromatic carbocycles. The van der Waals surface area contributed by atoms with Crippen LogP contribution in [-0.2, 0) is 4.79 Å². The van der Waals surface area contributed by atoms with Crippen LogP contribution in [0.2, 0.25) is 0 Å². The summed E-state index contributed by atoms with van der Waals surface area (Å²) >= 11 is 6.22. The standard InChI is InChI=1S/C7H6ClNO3S/c8-3-5(10)9-4-1-2-13-6(4)7(11)12/h1-2H,3H2,(H,9,10)(H,11,12)/p-1. The molecule has 0 bridgehead atoms. The molecule has 0 atom stereocenters. The van der Waals surface area contributed by atoms with Crippen LogP contribution < -0.4 is 10.4 Å². The first kappa shape index (κ1) is 10.0. The zero-order valence-corrected chi connectivity index (χ0v) is 7.95. The van der Waals surface area contributed by atoms with Gasteiger partial charge in [-0.2, -0.15) is 0 Å². The van der Waals surface area contributed by atoms with Gasteiger partial charge in [-0.25, -0.2) is 0 Å². The van der Waals surface area contributed by atoms with E-state index in [1.165, 1.54) is 6.07 Å². The minimum Gasteiger partial charge on any atom is -0.544 e. The first-order valence-electron chi connectivity index (χ1n) is 3.30. The van der Waals surface area contributed by atoms with Crippen molar-refractivity contribution >= 4 is 40.5 Å². The van der Waals surface area contributed by atoms with E-state index >= 15 is 0 Å². The van der Waals surface area contributed by atoms with Gasteiger partial charge in [-0.05, 0) is 11.4 Å². The van der Waals surface area contributed by atoms with Crippen molar-refractivity contribution in [1.82, 2.24) is 0 Å². The molecule has 1 rings (SSSR count). The molecule has 0 radical (unpaired) electrons. The molecule has 0 saturated heterocycles. The van der Waals surface area contributed by atoms with Crippen molar-refractivity contribution < 1.29 is 14.7 Å². The fourth-order valence-corrected chi connectivity index (χ4v) is 1.50. The summed E-state index contributed by atoms with van der Waals surface area (Å²) in [4.78, 5) is 21.3. The Hall–Kier alpha value is -1.07. The van der Waals surface area contributed by atoms with Crippen LogP contribution in [0.4, 0.5) is 5.69 Å². The topological polar surface area (TPSA) is 69.2 Å². The summed E-state index contributed by atoms with van der Waals surface area (Å²) in [6.45, 7) is 0. The van der Waals surface area contributed by atoms with Crippen LogP contribution in [-0.4, -0.2) is 17.8 Å². The van der Waals surface area contributed by atoms with Crippen LogP contribution in [0.25, 0.3) is 0 Å². The molecule has 13 heavy (non-hydrogen) atoms. The van der Waals surface area contributed by atoms with Gasteiger partial charge in [0.15, 0.2) is 0 Å². The summed E-state index contributed by atoms with van der Waals surface area (Å²) < 4.78 is 0. The molecule has 0 spiro atoms. The highest BCUT2D eigenvalue weighted by atomic mass is 35.5. The number of thiophene rings is 1. The lowest BCUT2D eigenvalue weighted by Crippen LogP contribution is -2.23. The summed E-state index contributed by atoms with van der Waals surface area (Å²) in [5.41, 5.74) is 0.232. The zero-order chi connectivity index (χ0) is 9.84. The summed E-state index contributed by atoms with van der Waals surface area (Å²) in [5.74, 6) is -1.95. The van der Waals surface area contributed by atoms with Gasteiger partial charge in [0, 0.05) is 0 Å². The van der Waals surface area contributed by atoms with Gasteiger partial charge in [-0.15, -0.1) is 22.9 Å². The largest absolute Gasteiger partial charge is 0.544 e. The van der Waals surface area contributed by atoms with Crippen LogP contribution >= 0.6 is 22.9 Å². The number of carboxylic acid groups (broad SMARTS) is 1. The number of aromatic carboxylic acids is 1. The van der Waals surface area contributed by atoms with Gasteiger partial charge in [0.05, 0.1) is 16.5 Å². The number of alkyl halides is 1. The number of anilines is 1.